The topological polar surface area (TPSA) is 35.5 Å². The van der Waals surface area contributed by atoms with Crippen LogP contribution in [0.5, 0.6) is 0 Å². The second kappa shape index (κ2) is 9.80. The molecule has 0 saturated carbocycles. The molecule has 23 heavy (non-hydrogen) atoms. The van der Waals surface area contributed by atoms with Crippen molar-refractivity contribution < 1.29 is 14.6 Å². The standard InChI is InChI=1S/C20H24O3/c1-2-3-4-5-9-16-22-23-20(21)19-14-12-18(13-15-19)17-10-7-6-8-11-17/h6-8,10-15H,2-5,9,16H2,1H3. The zero-order chi connectivity index (χ0) is 16.3. The molecular weight excluding hydrogens is 288 g/mol. The summed E-state index contributed by atoms with van der Waals surface area (Å²) in [6.45, 7) is 2.64. The van der Waals surface area contributed by atoms with Crippen molar-refractivity contribution in [1.29, 1.82) is 0 Å². The SMILES string of the molecule is CCCCCCCOOC(=O)c1ccc(-c2ccccc2)cc1. The number of carbonyl (C=O) groups excluding carboxylic acids is 1. The van der Waals surface area contributed by atoms with Gasteiger partial charge in [0.1, 0.15) is 0 Å². The Kier molecular flexibility index (Phi) is 7.34. The van der Waals surface area contributed by atoms with Crippen molar-refractivity contribution in [3.05, 3.63) is 60.2 Å². The number of unbranched alkanes of at least 4 members (excludes halogenated alkanes) is 4. The van der Waals surface area contributed by atoms with E-state index in [1.54, 1.807) is 12.1 Å². The molecule has 0 radical (unpaired) electrons. The molecule has 0 saturated heterocycles. The first-order valence-corrected chi connectivity index (χ1v) is 8.30. The molecule has 2 rings (SSSR count). The third-order valence-corrected chi connectivity index (χ3v) is 3.69. The average molecular weight is 312 g/mol. The van der Waals surface area contributed by atoms with Crippen molar-refractivity contribution in [2.24, 2.45) is 0 Å². The van der Waals surface area contributed by atoms with Crippen molar-refractivity contribution in [2.75, 3.05) is 6.61 Å². The van der Waals surface area contributed by atoms with E-state index >= 15 is 0 Å². The van der Waals surface area contributed by atoms with Crippen LogP contribution in [0.4, 0.5) is 0 Å². The quantitative estimate of drug-likeness (QED) is 0.353. The Morgan fingerprint density at radius 3 is 2.17 bits per heavy atom. The van der Waals surface area contributed by atoms with Crippen LogP contribution in [0.1, 0.15) is 49.4 Å². The predicted molar refractivity (Wildman–Crippen MR) is 92.0 cm³/mol. The van der Waals surface area contributed by atoms with E-state index in [1.807, 2.05) is 42.5 Å². The van der Waals surface area contributed by atoms with Crippen LogP contribution >= 0.6 is 0 Å². The molecule has 0 N–H and O–H groups in total. The number of benzene rings is 2. The zero-order valence-electron chi connectivity index (χ0n) is 13.7. The summed E-state index contributed by atoms with van der Waals surface area (Å²) in [4.78, 5) is 21.7. The first-order valence-electron chi connectivity index (χ1n) is 8.30. The van der Waals surface area contributed by atoms with Gasteiger partial charge in [0.2, 0.25) is 0 Å². The molecule has 0 aliphatic rings. The van der Waals surface area contributed by atoms with Gasteiger partial charge in [-0.25, -0.2) is 4.79 Å². The molecule has 2 aromatic carbocycles. The van der Waals surface area contributed by atoms with E-state index in [1.165, 1.54) is 19.3 Å². The van der Waals surface area contributed by atoms with Crippen molar-refractivity contribution in [2.45, 2.75) is 39.0 Å². The molecule has 0 bridgehead atoms. The largest absolute Gasteiger partial charge is 0.373 e. The highest BCUT2D eigenvalue weighted by atomic mass is 17.2. The minimum Gasteiger partial charge on any atom is -0.293 e. The van der Waals surface area contributed by atoms with Crippen LogP contribution in [0.2, 0.25) is 0 Å². The van der Waals surface area contributed by atoms with Crippen LogP contribution in [0.15, 0.2) is 54.6 Å². The maximum Gasteiger partial charge on any atom is 0.373 e. The fourth-order valence-electron chi connectivity index (χ4n) is 2.34. The molecule has 122 valence electrons. The number of rotatable bonds is 9. The van der Waals surface area contributed by atoms with E-state index in [-0.39, 0.29) is 0 Å². The van der Waals surface area contributed by atoms with Crippen LogP contribution in [0, 0.1) is 0 Å². The molecule has 3 nitrogen and oxygen atoms in total. The van der Waals surface area contributed by atoms with Crippen molar-refractivity contribution in [1.82, 2.24) is 0 Å². The number of hydrogen-bond donors (Lipinski definition) is 0. The van der Waals surface area contributed by atoms with Crippen molar-refractivity contribution in [3.63, 3.8) is 0 Å². The van der Waals surface area contributed by atoms with E-state index in [0.29, 0.717) is 12.2 Å². The van der Waals surface area contributed by atoms with Gasteiger partial charge in [-0.15, -0.1) is 0 Å². The normalized spacial score (nSPS) is 10.5. The van der Waals surface area contributed by atoms with E-state index < -0.39 is 5.97 Å². The third-order valence-electron chi connectivity index (χ3n) is 3.69. The molecule has 0 aromatic heterocycles. The van der Waals surface area contributed by atoms with Crippen LogP contribution in [0.25, 0.3) is 11.1 Å². The summed E-state index contributed by atoms with van der Waals surface area (Å²) >= 11 is 0. The Hall–Kier alpha value is -2.13. The highest BCUT2D eigenvalue weighted by Crippen LogP contribution is 2.19. The van der Waals surface area contributed by atoms with Crippen molar-refractivity contribution >= 4 is 5.97 Å². The first kappa shape index (κ1) is 17.2. The summed E-state index contributed by atoms with van der Waals surface area (Å²) in [5.41, 5.74) is 2.69. The molecule has 0 aliphatic carbocycles. The molecule has 0 atom stereocenters. The maximum absolute atomic E-state index is 11.9. The van der Waals surface area contributed by atoms with Crippen LogP contribution < -0.4 is 0 Å². The first-order chi connectivity index (χ1) is 11.3. The summed E-state index contributed by atoms with van der Waals surface area (Å²) in [6, 6.07) is 17.4. The molecular formula is C20H24O3. The highest BCUT2D eigenvalue weighted by Gasteiger charge is 2.08. The Balaban J connectivity index is 1.75. The average Bonchev–Trinajstić information content (AvgIpc) is 2.61. The van der Waals surface area contributed by atoms with E-state index in [4.69, 9.17) is 9.78 Å². The third kappa shape index (κ3) is 5.87. The van der Waals surface area contributed by atoms with Gasteiger partial charge in [0.25, 0.3) is 0 Å². The highest BCUT2D eigenvalue weighted by molar-refractivity contribution is 5.89. The molecule has 0 unspecified atom stereocenters. The van der Waals surface area contributed by atoms with Crippen LogP contribution in [0.3, 0.4) is 0 Å². The monoisotopic (exact) mass is 312 g/mol. The van der Waals surface area contributed by atoms with Gasteiger partial charge in [-0.2, -0.15) is 4.89 Å². The summed E-state index contributed by atoms with van der Waals surface area (Å²) in [5, 5.41) is 0. The minimum absolute atomic E-state index is 0.446. The number of carbonyl (C=O) groups is 1. The lowest BCUT2D eigenvalue weighted by Crippen LogP contribution is -2.07. The Morgan fingerprint density at radius 1 is 0.826 bits per heavy atom. The second-order valence-corrected chi connectivity index (χ2v) is 5.55. The Bertz CT molecular complexity index is 576. The predicted octanol–water partition coefficient (Wildman–Crippen LogP) is 5.41. The van der Waals surface area contributed by atoms with Gasteiger partial charge in [-0.1, -0.05) is 75.1 Å². The molecule has 0 heterocycles. The Morgan fingerprint density at radius 2 is 1.48 bits per heavy atom. The van der Waals surface area contributed by atoms with E-state index in [0.717, 1.165) is 24.0 Å². The molecule has 3 heteroatoms. The van der Waals surface area contributed by atoms with E-state index in [9.17, 15) is 4.79 Å². The molecule has 0 spiro atoms. The van der Waals surface area contributed by atoms with Crippen molar-refractivity contribution in [3.8, 4) is 11.1 Å². The molecule has 2 aromatic rings. The van der Waals surface area contributed by atoms with Gasteiger partial charge in [0, 0.05) is 0 Å². The molecule has 0 fully saturated rings. The fourth-order valence-corrected chi connectivity index (χ4v) is 2.34. The molecule has 0 aliphatic heterocycles. The molecule has 0 amide bonds. The summed E-state index contributed by atoms with van der Waals surface area (Å²) in [5.74, 6) is -0.446. The number of hydrogen-bond acceptors (Lipinski definition) is 3. The van der Waals surface area contributed by atoms with Gasteiger partial charge >= 0.3 is 5.97 Å². The van der Waals surface area contributed by atoms with Gasteiger partial charge < -0.3 is 0 Å². The lowest BCUT2D eigenvalue weighted by Gasteiger charge is -2.05. The van der Waals surface area contributed by atoms with Crippen LogP contribution in [-0.2, 0) is 9.78 Å². The zero-order valence-corrected chi connectivity index (χ0v) is 13.7. The van der Waals surface area contributed by atoms with Crippen LogP contribution in [-0.4, -0.2) is 12.6 Å². The van der Waals surface area contributed by atoms with Gasteiger partial charge in [0.05, 0.1) is 12.2 Å². The lowest BCUT2D eigenvalue weighted by molar-refractivity contribution is -0.241. The van der Waals surface area contributed by atoms with Gasteiger partial charge in [-0.3, -0.25) is 4.89 Å². The smallest absolute Gasteiger partial charge is 0.293 e. The van der Waals surface area contributed by atoms with Gasteiger partial charge in [0.15, 0.2) is 0 Å². The Labute approximate surface area is 138 Å². The summed E-state index contributed by atoms with van der Waals surface area (Å²) in [7, 11) is 0. The maximum atomic E-state index is 11.9. The summed E-state index contributed by atoms with van der Waals surface area (Å²) < 4.78 is 0. The van der Waals surface area contributed by atoms with E-state index in [2.05, 4.69) is 6.92 Å². The minimum atomic E-state index is -0.446. The fraction of sp³-hybridized carbons (Fsp3) is 0.350. The second-order valence-electron chi connectivity index (χ2n) is 5.55. The summed E-state index contributed by atoms with van der Waals surface area (Å²) in [6.07, 6.45) is 5.69. The van der Waals surface area contributed by atoms with Gasteiger partial charge in [-0.05, 0) is 29.7 Å². The lowest BCUT2D eigenvalue weighted by atomic mass is 10.0.